The molecule has 1 heterocycles. The molecule has 0 saturated carbocycles. The van der Waals surface area contributed by atoms with Crippen molar-refractivity contribution in [3.05, 3.63) is 51.5 Å². The summed E-state index contributed by atoms with van der Waals surface area (Å²) in [6, 6.07) is 9.41. The number of imidazole rings is 1. The Hall–Kier alpha value is -2.78. The fourth-order valence-electron chi connectivity index (χ4n) is 2.46. The number of nitrogens with one attached hydrogen (secondary N) is 2. The van der Waals surface area contributed by atoms with Crippen LogP contribution in [0.3, 0.4) is 0 Å². The van der Waals surface area contributed by atoms with Crippen LogP contribution in [0.1, 0.15) is 13.8 Å². The molecule has 3 aromatic rings. The third kappa shape index (κ3) is 4.55. The Balaban J connectivity index is 1.71. The van der Waals surface area contributed by atoms with Gasteiger partial charge in [0.05, 0.1) is 38.5 Å². The standard InChI is InChI=1S/C18H17ClN4O4S/c1-3-27-12-5-7-14-16(9-12)22-18(21-14)28-10(2)17(24)20-15-8-11(23(25)26)4-6-13(15)19/h4-10H,3H2,1-2H3,(H,20,24)(H,21,22)/t10-/m0/s1. The number of rotatable bonds is 7. The van der Waals surface area contributed by atoms with Crippen molar-refractivity contribution in [2.24, 2.45) is 0 Å². The van der Waals surface area contributed by atoms with E-state index in [1.807, 2.05) is 25.1 Å². The van der Waals surface area contributed by atoms with Gasteiger partial charge in [0.15, 0.2) is 5.16 Å². The predicted octanol–water partition coefficient (Wildman–Crippen LogP) is 4.64. The number of amides is 1. The quantitative estimate of drug-likeness (QED) is 0.327. The molecule has 0 spiro atoms. The number of nitro benzene ring substituents is 1. The fraction of sp³-hybridized carbons (Fsp3) is 0.222. The van der Waals surface area contributed by atoms with Gasteiger partial charge in [-0.25, -0.2) is 4.98 Å². The van der Waals surface area contributed by atoms with Crippen molar-refractivity contribution in [2.45, 2.75) is 24.3 Å². The minimum Gasteiger partial charge on any atom is -0.494 e. The Labute approximate surface area is 169 Å². The predicted molar refractivity (Wildman–Crippen MR) is 109 cm³/mol. The third-order valence-corrected chi connectivity index (χ3v) is 5.13. The molecule has 1 aromatic heterocycles. The van der Waals surface area contributed by atoms with Crippen molar-refractivity contribution in [3.8, 4) is 5.75 Å². The molecule has 10 heteroatoms. The summed E-state index contributed by atoms with van der Waals surface area (Å²) < 4.78 is 5.47. The fourth-order valence-corrected chi connectivity index (χ4v) is 3.44. The summed E-state index contributed by atoms with van der Waals surface area (Å²) in [5, 5.41) is 13.8. The number of halogens is 1. The highest BCUT2D eigenvalue weighted by Crippen LogP contribution is 2.29. The van der Waals surface area contributed by atoms with Crippen LogP contribution in [0.5, 0.6) is 5.75 Å². The number of carbonyl (C=O) groups excluding carboxylic acids is 1. The molecule has 2 N–H and O–H groups in total. The van der Waals surface area contributed by atoms with Gasteiger partial charge in [0, 0.05) is 18.2 Å². The number of H-pyrrole nitrogens is 1. The minimum absolute atomic E-state index is 0.151. The van der Waals surface area contributed by atoms with E-state index in [2.05, 4.69) is 15.3 Å². The Bertz CT molecular complexity index is 1040. The first kappa shape index (κ1) is 20.0. The molecular formula is C18H17ClN4O4S. The lowest BCUT2D eigenvalue weighted by molar-refractivity contribution is -0.384. The number of nitrogens with zero attached hydrogens (tertiary/aromatic N) is 2. The van der Waals surface area contributed by atoms with E-state index in [1.165, 1.54) is 30.0 Å². The highest BCUT2D eigenvalue weighted by Gasteiger charge is 2.19. The SMILES string of the molecule is CCOc1ccc2nc(S[C@@H](C)C(=O)Nc3cc([N+](=O)[O-])ccc3Cl)[nH]c2c1. The summed E-state index contributed by atoms with van der Waals surface area (Å²) in [5.74, 6) is 0.393. The van der Waals surface area contributed by atoms with Gasteiger partial charge in [-0.05, 0) is 32.0 Å². The number of benzene rings is 2. The summed E-state index contributed by atoms with van der Waals surface area (Å²) >= 11 is 7.27. The van der Waals surface area contributed by atoms with Gasteiger partial charge in [-0.3, -0.25) is 14.9 Å². The van der Waals surface area contributed by atoms with Crippen LogP contribution < -0.4 is 10.1 Å². The molecule has 28 heavy (non-hydrogen) atoms. The number of hydrogen-bond donors (Lipinski definition) is 2. The van der Waals surface area contributed by atoms with Gasteiger partial charge in [0.2, 0.25) is 5.91 Å². The van der Waals surface area contributed by atoms with E-state index in [1.54, 1.807) is 6.92 Å². The van der Waals surface area contributed by atoms with Crippen LogP contribution in [0.4, 0.5) is 11.4 Å². The lowest BCUT2D eigenvalue weighted by Crippen LogP contribution is -2.22. The third-order valence-electron chi connectivity index (χ3n) is 3.82. The van der Waals surface area contributed by atoms with Crippen LogP contribution in [0.2, 0.25) is 5.02 Å². The molecule has 0 aliphatic carbocycles. The van der Waals surface area contributed by atoms with Gasteiger partial charge >= 0.3 is 0 Å². The first-order valence-corrected chi connectivity index (χ1v) is 9.67. The highest BCUT2D eigenvalue weighted by molar-refractivity contribution is 8.00. The first-order chi connectivity index (χ1) is 13.4. The summed E-state index contributed by atoms with van der Waals surface area (Å²) in [6.07, 6.45) is 0. The highest BCUT2D eigenvalue weighted by atomic mass is 35.5. The van der Waals surface area contributed by atoms with E-state index in [0.29, 0.717) is 11.8 Å². The molecule has 8 nitrogen and oxygen atoms in total. The number of aromatic amines is 1. The van der Waals surface area contributed by atoms with E-state index in [0.717, 1.165) is 16.8 Å². The zero-order valence-electron chi connectivity index (χ0n) is 15.1. The molecule has 0 fully saturated rings. The van der Waals surface area contributed by atoms with Gasteiger partial charge < -0.3 is 15.0 Å². The lowest BCUT2D eigenvalue weighted by atomic mass is 10.2. The smallest absolute Gasteiger partial charge is 0.271 e. The van der Waals surface area contributed by atoms with Crippen LogP contribution in [0.25, 0.3) is 11.0 Å². The molecule has 3 rings (SSSR count). The second-order valence-electron chi connectivity index (χ2n) is 5.82. The first-order valence-electron chi connectivity index (χ1n) is 8.41. The monoisotopic (exact) mass is 420 g/mol. The van der Waals surface area contributed by atoms with Crippen molar-refractivity contribution < 1.29 is 14.5 Å². The number of anilines is 1. The number of fused-ring (bicyclic) bond motifs is 1. The molecule has 0 unspecified atom stereocenters. The van der Waals surface area contributed by atoms with Gasteiger partial charge in [0.1, 0.15) is 5.75 Å². The lowest BCUT2D eigenvalue weighted by Gasteiger charge is -2.11. The number of nitro groups is 1. The van der Waals surface area contributed by atoms with Gasteiger partial charge in [-0.2, -0.15) is 0 Å². The minimum atomic E-state index is -0.547. The summed E-state index contributed by atoms with van der Waals surface area (Å²) in [6.45, 7) is 4.19. The number of ether oxygens (including phenoxy) is 1. The average molecular weight is 421 g/mol. The van der Waals surface area contributed by atoms with Crippen molar-refractivity contribution in [1.82, 2.24) is 9.97 Å². The summed E-state index contributed by atoms with van der Waals surface area (Å²) in [7, 11) is 0. The topological polar surface area (TPSA) is 110 Å². The molecule has 0 aliphatic rings. The van der Waals surface area contributed by atoms with Crippen LogP contribution in [-0.2, 0) is 4.79 Å². The molecule has 1 atom stereocenters. The van der Waals surface area contributed by atoms with Crippen molar-refractivity contribution in [2.75, 3.05) is 11.9 Å². The number of thioether (sulfide) groups is 1. The maximum Gasteiger partial charge on any atom is 0.271 e. The summed E-state index contributed by atoms with van der Waals surface area (Å²) in [5.41, 5.74) is 1.62. The van der Waals surface area contributed by atoms with Crippen LogP contribution in [0, 0.1) is 10.1 Å². The van der Waals surface area contributed by atoms with E-state index in [4.69, 9.17) is 16.3 Å². The molecule has 0 aliphatic heterocycles. The maximum absolute atomic E-state index is 12.5. The number of aromatic nitrogens is 2. The Morgan fingerprint density at radius 3 is 2.89 bits per heavy atom. The van der Waals surface area contributed by atoms with E-state index >= 15 is 0 Å². The molecule has 0 bridgehead atoms. The average Bonchev–Trinajstić information content (AvgIpc) is 3.05. The molecule has 146 valence electrons. The zero-order valence-corrected chi connectivity index (χ0v) is 16.6. The van der Waals surface area contributed by atoms with Gasteiger partial charge in [-0.15, -0.1) is 0 Å². The van der Waals surface area contributed by atoms with Gasteiger partial charge in [0.25, 0.3) is 5.69 Å². The number of non-ortho nitro benzene ring substituents is 1. The van der Waals surface area contributed by atoms with Crippen molar-refractivity contribution >= 4 is 51.7 Å². The van der Waals surface area contributed by atoms with E-state index < -0.39 is 10.2 Å². The largest absolute Gasteiger partial charge is 0.494 e. The molecule has 2 aromatic carbocycles. The molecule has 1 amide bonds. The molecular weight excluding hydrogens is 404 g/mol. The normalized spacial score (nSPS) is 12.0. The van der Waals surface area contributed by atoms with E-state index in [-0.39, 0.29) is 22.3 Å². The second kappa shape index (κ2) is 8.49. The Kier molecular flexibility index (Phi) is 6.05. The Morgan fingerprint density at radius 2 is 2.18 bits per heavy atom. The van der Waals surface area contributed by atoms with Gasteiger partial charge in [-0.1, -0.05) is 23.4 Å². The Morgan fingerprint density at radius 1 is 1.39 bits per heavy atom. The zero-order chi connectivity index (χ0) is 20.3. The van der Waals surface area contributed by atoms with Crippen LogP contribution in [0.15, 0.2) is 41.6 Å². The van der Waals surface area contributed by atoms with Crippen molar-refractivity contribution in [3.63, 3.8) is 0 Å². The molecule has 0 radical (unpaired) electrons. The number of carbonyl (C=O) groups is 1. The van der Waals surface area contributed by atoms with Crippen LogP contribution in [-0.4, -0.2) is 32.7 Å². The maximum atomic E-state index is 12.5. The van der Waals surface area contributed by atoms with Crippen molar-refractivity contribution in [1.29, 1.82) is 0 Å². The van der Waals surface area contributed by atoms with E-state index in [9.17, 15) is 14.9 Å². The summed E-state index contributed by atoms with van der Waals surface area (Å²) in [4.78, 5) is 30.4. The number of hydrogen-bond acceptors (Lipinski definition) is 6. The molecule has 0 saturated heterocycles. The second-order valence-corrected chi connectivity index (χ2v) is 7.56. The van der Waals surface area contributed by atoms with Crippen LogP contribution >= 0.6 is 23.4 Å².